The molecule has 7 heteroatoms. The van der Waals surface area contributed by atoms with Crippen molar-refractivity contribution in [3.63, 3.8) is 0 Å². The molecule has 4 aromatic rings. The Balaban J connectivity index is 2.07. The van der Waals surface area contributed by atoms with Gasteiger partial charge in [-0.2, -0.15) is 0 Å². The van der Waals surface area contributed by atoms with Crippen LogP contribution in [-0.4, -0.2) is 37.7 Å². The molecule has 0 unspecified atom stereocenters. The van der Waals surface area contributed by atoms with Crippen molar-refractivity contribution in [2.24, 2.45) is 5.73 Å². The quantitative estimate of drug-likeness (QED) is 0.426. The van der Waals surface area contributed by atoms with Crippen LogP contribution >= 0.6 is 0 Å². The smallest absolute Gasteiger partial charge is 0.181 e. The van der Waals surface area contributed by atoms with Gasteiger partial charge in [-0.1, -0.05) is 18.2 Å². The Morgan fingerprint density at radius 2 is 1.92 bits per heavy atom. The van der Waals surface area contributed by atoms with Gasteiger partial charge in [0, 0.05) is 18.7 Å². The predicted octanol–water partition coefficient (Wildman–Crippen LogP) is 2.33. The van der Waals surface area contributed by atoms with Gasteiger partial charge in [0.25, 0.3) is 0 Å². The third-order valence-electron chi connectivity index (χ3n) is 4.06. The van der Waals surface area contributed by atoms with Gasteiger partial charge < -0.3 is 21.3 Å². The normalized spacial score (nSPS) is 11.2. The number of nitrogens with zero attached hydrogens (tertiary/aromatic N) is 3. The van der Waals surface area contributed by atoms with Crippen LogP contribution in [0.1, 0.15) is 0 Å². The van der Waals surface area contributed by atoms with Crippen molar-refractivity contribution in [3.05, 3.63) is 48.7 Å². The van der Waals surface area contributed by atoms with Crippen LogP contribution in [0.3, 0.4) is 0 Å². The van der Waals surface area contributed by atoms with Crippen LogP contribution in [-0.2, 0) is 0 Å². The van der Waals surface area contributed by atoms with Gasteiger partial charge in [-0.05, 0) is 24.3 Å². The number of nitrogens with one attached hydrogen (secondary N) is 1. The fourth-order valence-electron chi connectivity index (χ4n) is 2.92. The highest BCUT2D eigenvalue weighted by molar-refractivity contribution is 5.87. The Kier molecular flexibility index (Phi) is 3.62. The van der Waals surface area contributed by atoms with Crippen LogP contribution in [0.4, 0.5) is 5.82 Å². The number of nitrogens with two attached hydrogens (primary N) is 1. The van der Waals surface area contributed by atoms with E-state index in [2.05, 4.69) is 15.3 Å². The highest BCUT2D eigenvalue weighted by Crippen LogP contribution is 2.37. The zero-order valence-corrected chi connectivity index (χ0v) is 13.3. The summed E-state index contributed by atoms with van der Waals surface area (Å²) in [5, 5.41) is 23.3. The molecule has 4 rings (SSSR count). The molecule has 7 nitrogen and oxygen atoms in total. The molecule has 0 aliphatic carbocycles. The number of phenolic OH excluding ortho intramolecular Hbond substituents is 2. The summed E-state index contributed by atoms with van der Waals surface area (Å²) < 4.78 is 1.91. The van der Waals surface area contributed by atoms with Gasteiger partial charge >= 0.3 is 0 Å². The van der Waals surface area contributed by atoms with Gasteiger partial charge in [0.15, 0.2) is 23.0 Å². The second-order valence-electron chi connectivity index (χ2n) is 5.64. The molecular formula is C18H17N5O2. The van der Waals surface area contributed by atoms with Crippen LogP contribution in [0.15, 0.2) is 48.7 Å². The van der Waals surface area contributed by atoms with E-state index in [1.54, 1.807) is 18.3 Å². The van der Waals surface area contributed by atoms with Crippen molar-refractivity contribution in [1.82, 2.24) is 14.4 Å². The van der Waals surface area contributed by atoms with E-state index in [0.29, 0.717) is 35.8 Å². The Labute approximate surface area is 143 Å². The number of benzene rings is 2. The second kappa shape index (κ2) is 5.95. The SMILES string of the molecule is NCCNc1nc2ccccc2n2c(-c3cccc(O)c3O)cnc12. The Morgan fingerprint density at radius 1 is 1.08 bits per heavy atom. The molecule has 0 radical (unpaired) electrons. The summed E-state index contributed by atoms with van der Waals surface area (Å²) in [6.07, 6.45) is 1.66. The predicted molar refractivity (Wildman–Crippen MR) is 96.8 cm³/mol. The summed E-state index contributed by atoms with van der Waals surface area (Å²) in [4.78, 5) is 9.10. The molecule has 0 saturated carbocycles. The number of aromatic nitrogens is 3. The summed E-state index contributed by atoms with van der Waals surface area (Å²) in [6.45, 7) is 1.04. The third kappa shape index (κ3) is 2.41. The fourth-order valence-corrected chi connectivity index (χ4v) is 2.92. The summed E-state index contributed by atoms with van der Waals surface area (Å²) in [5.41, 5.74) is 9.01. The number of fused-ring (bicyclic) bond motifs is 3. The lowest BCUT2D eigenvalue weighted by Crippen LogP contribution is -2.15. The summed E-state index contributed by atoms with van der Waals surface area (Å²) in [7, 11) is 0. The largest absolute Gasteiger partial charge is 0.504 e. The second-order valence-corrected chi connectivity index (χ2v) is 5.64. The molecule has 0 atom stereocenters. The molecular weight excluding hydrogens is 318 g/mol. The van der Waals surface area contributed by atoms with E-state index < -0.39 is 0 Å². The van der Waals surface area contributed by atoms with Crippen molar-refractivity contribution in [2.75, 3.05) is 18.4 Å². The van der Waals surface area contributed by atoms with Crippen LogP contribution in [0.2, 0.25) is 0 Å². The third-order valence-corrected chi connectivity index (χ3v) is 4.06. The van der Waals surface area contributed by atoms with Gasteiger partial charge in [-0.25, -0.2) is 9.97 Å². The number of hydrogen-bond acceptors (Lipinski definition) is 6. The van der Waals surface area contributed by atoms with E-state index in [9.17, 15) is 10.2 Å². The minimum atomic E-state index is -0.179. The van der Waals surface area contributed by atoms with Crippen molar-refractivity contribution in [3.8, 4) is 22.8 Å². The Hall–Kier alpha value is -3.32. The van der Waals surface area contributed by atoms with E-state index in [0.717, 1.165) is 11.0 Å². The molecule has 0 fully saturated rings. The molecule has 2 aromatic carbocycles. The first-order valence-electron chi connectivity index (χ1n) is 7.92. The number of anilines is 1. The summed E-state index contributed by atoms with van der Waals surface area (Å²) >= 11 is 0. The van der Waals surface area contributed by atoms with Crippen LogP contribution in [0.25, 0.3) is 27.9 Å². The highest BCUT2D eigenvalue weighted by Gasteiger charge is 2.17. The number of phenols is 2. The lowest BCUT2D eigenvalue weighted by Gasteiger charge is -2.11. The lowest BCUT2D eigenvalue weighted by atomic mass is 10.1. The monoisotopic (exact) mass is 335 g/mol. The van der Waals surface area contributed by atoms with Crippen LogP contribution in [0.5, 0.6) is 11.5 Å². The average molecular weight is 335 g/mol. The topological polar surface area (TPSA) is 109 Å². The number of hydrogen-bond donors (Lipinski definition) is 4. The maximum Gasteiger partial charge on any atom is 0.181 e. The molecule has 0 saturated heterocycles. The van der Waals surface area contributed by atoms with Crippen LogP contribution in [0, 0.1) is 0 Å². The van der Waals surface area contributed by atoms with Gasteiger partial charge in [-0.15, -0.1) is 0 Å². The highest BCUT2D eigenvalue weighted by atomic mass is 16.3. The maximum atomic E-state index is 10.3. The van der Waals surface area contributed by atoms with Gasteiger partial charge in [0.1, 0.15) is 0 Å². The number of para-hydroxylation sites is 3. The maximum absolute atomic E-state index is 10.3. The van der Waals surface area contributed by atoms with Gasteiger partial charge in [0.05, 0.1) is 22.9 Å². The van der Waals surface area contributed by atoms with E-state index >= 15 is 0 Å². The van der Waals surface area contributed by atoms with Crippen molar-refractivity contribution in [2.45, 2.75) is 0 Å². The van der Waals surface area contributed by atoms with E-state index in [4.69, 9.17) is 5.73 Å². The zero-order valence-electron chi connectivity index (χ0n) is 13.3. The molecule has 0 amide bonds. The average Bonchev–Trinajstić information content (AvgIpc) is 3.07. The molecule has 5 N–H and O–H groups in total. The molecule has 0 aliphatic rings. The molecule has 2 aromatic heterocycles. The van der Waals surface area contributed by atoms with Gasteiger partial charge in [-0.3, -0.25) is 4.40 Å². The first-order valence-corrected chi connectivity index (χ1v) is 7.92. The van der Waals surface area contributed by atoms with Gasteiger partial charge in [0.2, 0.25) is 0 Å². The summed E-state index contributed by atoms with van der Waals surface area (Å²) in [5.74, 6) is 0.268. The molecule has 0 aliphatic heterocycles. The minimum absolute atomic E-state index is 0.174. The Morgan fingerprint density at radius 3 is 2.76 bits per heavy atom. The molecule has 2 heterocycles. The number of rotatable bonds is 4. The zero-order chi connectivity index (χ0) is 17.4. The number of imidazole rings is 1. The van der Waals surface area contributed by atoms with E-state index in [1.807, 2.05) is 28.7 Å². The van der Waals surface area contributed by atoms with Crippen molar-refractivity contribution in [1.29, 1.82) is 0 Å². The van der Waals surface area contributed by atoms with Crippen molar-refractivity contribution >= 4 is 22.5 Å². The van der Waals surface area contributed by atoms with Crippen molar-refractivity contribution < 1.29 is 10.2 Å². The molecule has 0 bridgehead atoms. The molecule has 126 valence electrons. The standard InChI is InChI=1S/C18H17N5O2/c19-8-9-20-17-18-21-10-14(11-4-3-7-15(24)16(11)25)23(18)13-6-2-1-5-12(13)22-17/h1-7,10,24-25H,8-9,19H2,(H,20,22). The van der Waals surface area contributed by atoms with E-state index in [1.165, 1.54) is 6.07 Å². The Bertz CT molecular complexity index is 1070. The first-order chi connectivity index (χ1) is 12.2. The minimum Gasteiger partial charge on any atom is -0.504 e. The van der Waals surface area contributed by atoms with Crippen LogP contribution < -0.4 is 11.1 Å². The number of aromatic hydroxyl groups is 2. The molecule has 25 heavy (non-hydrogen) atoms. The lowest BCUT2D eigenvalue weighted by molar-refractivity contribution is 0.405. The first kappa shape index (κ1) is 15.2. The van der Waals surface area contributed by atoms with E-state index in [-0.39, 0.29) is 11.5 Å². The fraction of sp³-hybridized carbons (Fsp3) is 0.111. The summed E-state index contributed by atoms with van der Waals surface area (Å²) in [6, 6.07) is 12.5. The molecule has 0 spiro atoms.